The van der Waals surface area contributed by atoms with Crippen molar-refractivity contribution in [2.24, 2.45) is 0 Å². The van der Waals surface area contributed by atoms with Gasteiger partial charge in [-0.2, -0.15) is 4.31 Å². The molecule has 134 valence electrons. The Labute approximate surface area is 157 Å². The highest BCUT2D eigenvalue weighted by molar-refractivity contribution is 9.10. The molecule has 0 bridgehead atoms. The monoisotopic (exact) mass is 424 g/mol. The second kappa shape index (κ2) is 8.12. The fourth-order valence-corrected chi connectivity index (χ4v) is 4.88. The molecule has 0 radical (unpaired) electrons. The van der Waals surface area contributed by atoms with Gasteiger partial charge in [-0.15, -0.1) is 0 Å². The first-order chi connectivity index (χ1) is 11.8. The summed E-state index contributed by atoms with van der Waals surface area (Å²) >= 11 is 3.26. The van der Waals surface area contributed by atoms with E-state index in [0.29, 0.717) is 4.47 Å². The Morgan fingerprint density at radius 1 is 1.08 bits per heavy atom. The zero-order valence-electron chi connectivity index (χ0n) is 14.4. The van der Waals surface area contributed by atoms with Gasteiger partial charge in [0.1, 0.15) is 0 Å². The molecule has 5 nitrogen and oxygen atoms in total. The first-order valence-electron chi connectivity index (χ1n) is 7.88. The second-order valence-electron chi connectivity index (χ2n) is 5.68. The van der Waals surface area contributed by atoms with Gasteiger partial charge < -0.3 is 5.32 Å². The lowest BCUT2D eigenvalue weighted by molar-refractivity contribution is -0.116. The van der Waals surface area contributed by atoms with Gasteiger partial charge in [0, 0.05) is 16.7 Å². The average Bonchev–Trinajstić information content (AvgIpc) is 2.56. The zero-order valence-corrected chi connectivity index (χ0v) is 16.8. The highest BCUT2D eigenvalue weighted by Gasteiger charge is 2.27. The zero-order chi connectivity index (χ0) is 18.6. The number of nitrogens with zero attached hydrogens (tertiary/aromatic N) is 1. The molecule has 1 amide bonds. The van der Waals surface area contributed by atoms with Gasteiger partial charge in [-0.05, 0) is 53.0 Å². The van der Waals surface area contributed by atoms with E-state index in [2.05, 4.69) is 21.2 Å². The Bertz CT molecular complexity index is 861. The summed E-state index contributed by atoms with van der Waals surface area (Å²) in [4.78, 5) is 12.6. The number of hydrogen-bond acceptors (Lipinski definition) is 3. The summed E-state index contributed by atoms with van der Waals surface area (Å²) in [6.07, 6.45) is 0. The third-order valence-corrected chi connectivity index (χ3v) is 6.81. The van der Waals surface area contributed by atoms with E-state index < -0.39 is 10.0 Å². The number of rotatable bonds is 6. The molecule has 0 aliphatic carbocycles. The molecule has 1 N–H and O–H groups in total. The minimum Gasteiger partial charge on any atom is -0.324 e. The molecule has 0 saturated heterocycles. The molecule has 0 heterocycles. The number of aryl methyl sites for hydroxylation is 2. The number of halogens is 1. The maximum atomic E-state index is 12.8. The van der Waals surface area contributed by atoms with Crippen molar-refractivity contribution in [2.45, 2.75) is 25.7 Å². The van der Waals surface area contributed by atoms with Crippen LogP contribution in [0.25, 0.3) is 0 Å². The van der Waals surface area contributed by atoms with Crippen LogP contribution in [0.1, 0.15) is 18.1 Å². The van der Waals surface area contributed by atoms with Gasteiger partial charge in [0.2, 0.25) is 15.9 Å². The predicted octanol–water partition coefficient (Wildman–Crippen LogP) is 3.72. The lowest BCUT2D eigenvalue weighted by Crippen LogP contribution is -2.38. The lowest BCUT2D eigenvalue weighted by Gasteiger charge is -2.21. The molecule has 0 fully saturated rings. The number of nitrogens with one attached hydrogen (secondary N) is 1. The molecule has 0 aliphatic heterocycles. The number of para-hydroxylation sites is 1. The fraction of sp³-hybridized carbons (Fsp3) is 0.278. The number of likely N-dealkylation sites (N-methyl/N-ethyl adjacent to an activating group) is 1. The number of sulfonamides is 1. The largest absolute Gasteiger partial charge is 0.324 e. The van der Waals surface area contributed by atoms with Gasteiger partial charge in [-0.1, -0.05) is 37.3 Å². The smallest absolute Gasteiger partial charge is 0.244 e. The molecule has 0 aliphatic rings. The Hall–Kier alpha value is -1.70. The summed E-state index contributed by atoms with van der Waals surface area (Å²) in [5, 5.41) is 2.82. The van der Waals surface area contributed by atoms with E-state index in [-0.39, 0.29) is 23.9 Å². The average molecular weight is 425 g/mol. The van der Waals surface area contributed by atoms with Gasteiger partial charge in [-0.25, -0.2) is 8.42 Å². The predicted molar refractivity (Wildman–Crippen MR) is 103 cm³/mol. The normalized spacial score (nSPS) is 11.6. The van der Waals surface area contributed by atoms with Crippen LogP contribution < -0.4 is 5.32 Å². The summed E-state index contributed by atoms with van der Waals surface area (Å²) < 4.78 is 27.3. The number of benzene rings is 2. The number of amides is 1. The molecular weight excluding hydrogens is 404 g/mol. The van der Waals surface area contributed by atoms with E-state index in [4.69, 9.17) is 0 Å². The maximum Gasteiger partial charge on any atom is 0.244 e. The molecule has 0 spiro atoms. The summed E-state index contributed by atoms with van der Waals surface area (Å²) in [6, 6.07) is 12.3. The lowest BCUT2D eigenvalue weighted by atomic mass is 10.1. The molecule has 25 heavy (non-hydrogen) atoms. The molecule has 0 aromatic heterocycles. The number of hydrogen-bond donors (Lipinski definition) is 1. The second-order valence-corrected chi connectivity index (χ2v) is 8.44. The molecule has 0 unspecified atom stereocenters. The molecule has 0 atom stereocenters. The summed E-state index contributed by atoms with van der Waals surface area (Å²) in [5.74, 6) is -0.366. The van der Waals surface area contributed by atoms with Crippen molar-refractivity contribution in [3.8, 4) is 0 Å². The quantitative estimate of drug-likeness (QED) is 0.767. The maximum absolute atomic E-state index is 12.8. The van der Waals surface area contributed by atoms with Gasteiger partial charge in [-0.3, -0.25) is 4.79 Å². The summed E-state index contributed by atoms with van der Waals surface area (Å²) in [6.45, 7) is 5.47. The third kappa shape index (κ3) is 4.48. The van der Waals surface area contributed by atoms with Crippen molar-refractivity contribution in [2.75, 3.05) is 18.4 Å². The first kappa shape index (κ1) is 19.6. The molecule has 2 rings (SSSR count). The van der Waals surface area contributed by atoms with Crippen LogP contribution in [-0.4, -0.2) is 31.7 Å². The van der Waals surface area contributed by atoms with Crippen molar-refractivity contribution in [3.05, 3.63) is 58.1 Å². The Morgan fingerprint density at radius 2 is 1.68 bits per heavy atom. The van der Waals surface area contributed by atoms with E-state index in [9.17, 15) is 13.2 Å². The van der Waals surface area contributed by atoms with E-state index >= 15 is 0 Å². The minimum absolute atomic E-state index is 0.150. The van der Waals surface area contributed by atoms with Crippen molar-refractivity contribution in [3.63, 3.8) is 0 Å². The molecular formula is C18H21BrN2O3S. The Morgan fingerprint density at radius 3 is 2.24 bits per heavy atom. The highest BCUT2D eigenvalue weighted by Crippen LogP contribution is 2.25. The van der Waals surface area contributed by atoms with Crippen molar-refractivity contribution < 1.29 is 13.2 Å². The van der Waals surface area contributed by atoms with Crippen LogP contribution in [0.5, 0.6) is 0 Å². The van der Waals surface area contributed by atoms with Crippen molar-refractivity contribution in [1.29, 1.82) is 0 Å². The van der Waals surface area contributed by atoms with Gasteiger partial charge in [0.15, 0.2) is 0 Å². The van der Waals surface area contributed by atoms with E-state index in [1.165, 1.54) is 6.07 Å². The molecule has 2 aromatic rings. The van der Waals surface area contributed by atoms with E-state index in [1.54, 1.807) is 25.1 Å². The van der Waals surface area contributed by atoms with Crippen LogP contribution in [0.15, 0.2) is 51.8 Å². The van der Waals surface area contributed by atoms with Gasteiger partial charge >= 0.3 is 0 Å². The van der Waals surface area contributed by atoms with Crippen molar-refractivity contribution in [1.82, 2.24) is 4.31 Å². The molecule has 0 saturated carbocycles. The van der Waals surface area contributed by atoms with E-state index in [0.717, 1.165) is 21.1 Å². The topological polar surface area (TPSA) is 66.5 Å². The molecule has 7 heteroatoms. The SMILES string of the molecule is CCN(CC(=O)Nc1c(C)cccc1C)S(=O)(=O)c1ccccc1Br. The van der Waals surface area contributed by atoms with Crippen LogP contribution in [0.2, 0.25) is 0 Å². The van der Waals surface area contributed by atoms with Crippen LogP contribution in [0, 0.1) is 13.8 Å². The molecule has 2 aromatic carbocycles. The van der Waals surface area contributed by atoms with Gasteiger partial charge in [0.05, 0.1) is 11.4 Å². The van der Waals surface area contributed by atoms with Crippen LogP contribution in [0.4, 0.5) is 5.69 Å². The Balaban J connectivity index is 2.22. The van der Waals surface area contributed by atoms with Crippen LogP contribution >= 0.6 is 15.9 Å². The highest BCUT2D eigenvalue weighted by atomic mass is 79.9. The number of carbonyl (C=O) groups excluding carboxylic acids is 1. The summed E-state index contributed by atoms with van der Waals surface area (Å²) in [5.41, 5.74) is 2.59. The van der Waals surface area contributed by atoms with Gasteiger partial charge in [0.25, 0.3) is 0 Å². The van der Waals surface area contributed by atoms with Crippen LogP contribution in [-0.2, 0) is 14.8 Å². The third-order valence-electron chi connectivity index (χ3n) is 3.87. The minimum atomic E-state index is -3.76. The standard InChI is InChI=1S/C18H21BrN2O3S/c1-4-21(25(23,24)16-11-6-5-10-15(16)19)12-17(22)20-18-13(2)8-7-9-14(18)3/h5-11H,4,12H2,1-3H3,(H,20,22). The van der Waals surface area contributed by atoms with Crippen molar-refractivity contribution >= 4 is 37.5 Å². The first-order valence-corrected chi connectivity index (χ1v) is 10.1. The van der Waals surface area contributed by atoms with Crippen LogP contribution in [0.3, 0.4) is 0 Å². The summed E-state index contributed by atoms with van der Waals surface area (Å²) in [7, 11) is -3.76. The fourth-order valence-electron chi connectivity index (χ4n) is 2.51. The van der Waals surface area contributed by atoms with E-state index in [1.807, 2.05) is 32.0 Å². The number of carbonyl (C=O) groups is 1. The number of anilines is 1. The Kier molecular flexibility index (Phi) is 6.37.